The van der Waals surface area contributed by atoms with Crippen LogP contribution >= 0.6 is 0 Å². The van der Waals surface area contributed by atoms with Crippen molar-refractivity contribution in [2.24, 2.45) is 0 Å². The van der Waals surface area contributed by atoms with Crippen molar-refractivity contribution in [1.29, 1.82) is 0 Å². The maximum Gasteiger partial charge on any atom is 0.349 e. The molecule has 5 nitrogen and oxygen atoms in total. The van der Waals surface area contributed by atoms with Crippen LogP contribution in [0.2, 0.25) is 0 Å². The molecule has 122 valence electrons. The summed E-state index contributed by atoms with van der Waals surface area (Å²) in [5.74, 6) is 0.565. The van der Waals surface area contributed by atoms with Crippen LogP contribution in [0.3, 0.4) is 0 Å². The number of aromatic nitrogens is 1. The summed E-state index contributed by atoms with van der Waals surface area (Å²) in [6, 6.07) is 13.3. The molecule has 1 aromatic carbocycles. The van der Waals surface area contributed by atoms with Gasteiger partial charge in [-0.15, -0.1) is 0 Å². The van der Waals surface area contributed by atoms with Gasteiger partial charge in [0.05, 0.1) is 12.8 Å². The van der Waals surface area contributed by atoms with E-state index in [4.69, 9.17) is 14.2 Å². The van der Waals surface area contributed by atoms with Crippen LogP contribution in [0.15, 0.2) is 48.7 Å². The third-order valence-electron chi connectivity index (χ3n) is 3.08. The molecule has 0 spiro atoms. The molecule has 0 atom stereocenters. The molecule has 1 heterocycles. The summed E-state index contributed by atoms with van der Waals surface area (Å²) in [5, 5.41) is 0. The van der Waals surface area contributed by atoms with Crippen LogP contribution in [0.5, 0.6) is 11.6 Å². The highest BCUT2D eigenvalue weighted by Gasteiger charge is 2.31. The van der Waals surface area contributed by atoms with E-state index in [0.717, 1.165) is 5.56 Å². The molecule has 0 fully saturated rings. The Balaban J connectivity index is 1.93. The molecular formula is C18H21NO4. The number of carbonyl (C=O) groups is 1. The molecule has 0 aliphatic carbocycles. The van der Waals surface area contributed by atoms with Gasteiger partial charge in [0.1, 0.15) is 12.4 Å². The predicted octanol–water partition coefficient (Wildman–Crippen LogP) is 3.38. The lowest BCUT2D eigenvalue weighted by Gasteiger charge is -2.23. The van der Waals surface area contributed by atoms with Crippen molar-refractivity contribution in [3.63, 3.8) is 0 Å². The standard InChI is InChI=1S/C18H21NO4/c1-4-21-17(20)18(2,3)23-15-10-11-16(19-12-15)22-13-14-8-6-5-7-9-14/h5-12H,4,13H2,1-3H3. The fourth-order valence-corrected chi connectivity index (χ4v) is 1.89. The van der Waals surface area contributed by atoms with Gasteiger partial charge >= 0.3 is 5.97 Å². The van der Waals surface area contributed by atoms with Crippen molar-refractivity contribution in [1.82, 2.24) is 4.98 Å². The van der Waals surface area contributed by atoms with Crippen LogP contribution in [0.4, 0.5) is 0 Å². The molecule has 0 aliphatic heterocycles. The second kappa shape index (κ2) is 7.63. The van der Waals surface area contributed by atoms with Gasteiger partial charge < -0.3 is 14.2 Å². The zero-order valence-electron chi connectivity index (χ0n) is 13.6. The zero-order chi connectivity index (χ0) is 16.7. The van der Waals surface area contributed by atoms with Gasteiger partial charge in [0, 0.05) is 6.07 Å². The van der Waals surface area contributed by atoms with Crippen molar-refractivity contribution in [3.8, 4) is 11.6 Å². The molecule has 0 saturated carbocycles. The highest BCUT2D eigenvalue weighted by atomic mass is 16.6. The van der Waals surface area contributed by atoms with Crippen LogP contribution in [0, 0.1) is 0 Å². The van der Waals surface area contributed by atoms with E-state index in [1.54, 1.807) is 32.9 Å². The molecule has 0 saturated heterocycles. The van der Waals surface area contributed by atoms with Gasteiger partial charge in [0.25, 0.3) is 0 Å². The van der Waals surface area contributed by atoms with Crippen LogP contribution in [0.1, 0.15) is 26.3 Å². The van der Waals surface area contributed by atoms with E-state index in [0.29, 0.717) is 24.8 Å². The first-order valence-electron chi connectivity index (χ1n) is 7.50. The van der Waals surface area contributed by atoms with Crippen molar-refractivity contribution >= 4 is 5.97 Å². The summed E-state index contributed by atoms with van der Waals surface area (Å²) in [6.07, 6.45) is 1.53. The lowest BCUT2D eigenvalue weighted by Crippen LogP contribution is -2.39. The van der Waals surface area contributed by atoms with E-state index in [1.165, 1.54) is 6.20 Å². The number of carbonyl (C=O) groups excluding carboxylic acids is 1. The number of pyridine rings is 1. The first kappa shape index (κ1) is 16.8. The Morgan fingerprint density at radius 1 is 1.13 bits per heavy atom. The monoisotopic (exact) mass is 315 g/mol. The second-order valence-corrected chi connectivity index (χ2v) is 5.44. The number of hydrogen-bond acceptors (Lipinski definition) is 5. The number of hydrogen-bond donors (Lipinski definition) is 0. The third kappa shape index (κ3) is 4.98. The molecule has 2 rings (SSSR count). The Bertz CT molecular complexity index is 623. The first-order chi connectivity index (χ1) is 11.0. The summed E-state index contributed by atoms with van der Waals surface area (Å²) >= 11 is 0. The minimum Gasteiger partial charge on any atom is -0.475 e. The van der Waals surface area contributed by atoms with Crippen molar-refractivity contribution in [3.05, 3.63) is 54.2 Å². The van der Waals surface area contributed by atoms with Crippen LogP contribution < -0.4 is 9.47 Å². The van der Waals surface area contributed by atoms with Crippen LogP contribution in [-0.4, -0.2) is 23.2 Å². The first-order valence-corrected chi connectivity index (χ1v) is 7.50. The third-order valence-corrected chi connectivity index (χ3v) is 3.08. The van der Waals surface area contributed by atoms with Gasteiger partial charge in [0.2, 0.25) is 5.88 Å². The molecule has 0 N–H and O–H groups in total. The normalized spacial score (nSPS) is 10.9. The maximum absolute atomic E-state index is 11.8. The van der Waals surface area contributed by atoms with E-state index in [-0.39, 0.29) is 0 Å². The van der Waals surface area contributed by atoms with Crippen molar-refractivity contribution < 1.29 is 19.0 Å². The van der Waals surface area contributed by atoms with E-state index in [1.807, 2.05) is 30.3 Å². The number of nitrogens with zero attached hydrogens (tertiary/aromatic N) is 1. The van der Waals surface area contributed by atoms with E-state index in [9.17, 15) is 4.79 Å². The average Bonchev–Trinajstić information content (AvgIpc) is 2.55. The van der Waals surface area contributed by atoms with Gasteiger partial charge in [-0.2, -0.15) is 0 Å². The molecule has 0 bridgehead atoms. The summed E-state index contributed by atoms with van der Waals surface area (Å²) < 4.78 is 16.2. The van der Waals surface area contributed by atoms with Gasteiger partial charge in [-0.1, -0.05) is 30.3 Å². The Hall–Kier alpha value is -2.56. The molecule has 1 aromatic heterocycles. The molecule has 0 amide bonds. The largest absolute Gasteiger partial charge is 0.475 e. The van der Waals surface area contributed by atoms with Gasteiger partial charge in [-0.05, 0) is 32.4 Å². The lowest BCUT2D eigenvalue weighted by molar-refractivity contribution is -0.158. The molecular weight excluding hydrogens is 294 g/mol. The minimum absolute atomic E-state index is 0.316. The van der Waals surface area contributed by atoms with Crippen LogP contribution in [0.25, 0.3) is 0 Å². The average molecular weight is 315 g/mol. The van der Waals surface area contributed by atoms with E-state index >= 15 is 0 Å². The SMILES string of the molecule is CCOC(=O)C(C)(C)Oc1ccc(OCc2ccccc2)nc1. The Morgan fingerprint density at radius 3 is 2.48 bits per heavy atom. The molecule has 0 aliphatic rings. The molecule has 5 heteroatoms. The Kier molecular flexibility index (Phi) is 5.57. The summed E-state index contributed by atoms with van der Waals surface area (Å²) in [7, 11) is 0. The van der Waals surface area contributed by atoms with Crippen LogP contribution in [-0.2, 0) is 16.1 Å². The molecule has 23 heavy (non-hydrogen) atoms. The van der Waals surface area contributed by atoms with Gasteiger partial charge in [-0.3, -0.25) is 0 Å². The van der Waals surface area contributed by atoms with E-state index in [2.05, 4.69) is 4.98 Å². The minimum atomic E-state index is -1.07. The second-order valence-electron chi connectivity index (χ2n) is 5.44. The maximum atomic E-state index is 11.8. The highest BCUT2D eigenvalue weighted by molar-refractivity contribution is 5.79. The highest BCUT2D eigenvalue weighted by Crippen LogP contribution is 2.21. The van der Waals surface area contributed by atoms with Crippen molar-refractivity contribution in [2.75, 3.05) is 6.61 Å². The van der Waals surface area contributed by atoms with Gasteiger partial charge in [-0.25, -0.2) is 9.78 Å². The van der Waals surface area contributed by atoms with Crippen molar-refractivity contribution in [2.45, 2.75) is 33.0 Å². The number of benzene rings is 1. The fourth-order valence-electron chi connectivity index (χ4n) is 1.89. The fraction of sp³-hybridized carbons (Fsp3) is 0.333. The number of rotatable bonds is 7. The molecule has 0 unspecified atom stereocenters. The summed E-state index contributed by atoms with van der Waals surface area (Å²) in [6.45, 7) is 5.84. The Morgan fingerprint density at radius 2 is 1.87 bits per heavy atom. The summed E-state index contributed by atoms with van der Waals surface area (Å²) in [4.78, 5) is 16.0. The molecule has 0 radical (unpaired) electrons. The smallest absolute Gasteiger partial charge is 0.349 e. The van der Waals surface area contributed by atoms with E-state index < -0.39 is 11.6 Å². The molecule has 2 aromatic rings. The number of esters is 1. The summed E-state index contributed by atoms with van der Waals surface area (Å²) in [5.41, 5.74) is 0.00228. The zero-order valence-corrected chi connectivity index (χ0v) is 13.6. The van der Waals surface area contributed by atoms with Gasteiger partial charge in [0.15, 0.2) is 5.60 Å². The topological polar surface area (TPSA) is 57.7 Å². The predicted molar refractivity (Wildman–Crippen MR) is 86.4 cm³/mol. The lowest BCUT2D eigenvalue weighted by atomic mass is 10.1. The quantitative estimate of drug-likeness (QED) is 0.733. The Labute approximate surface area is 136 Å². The number of ether oxygens (including phenoxy) is 3.